The summed E-state index contributed by atoms with van der Waals surface area (Å²) >= 11 is 0. The first-order valence-corrected chi connectivity index (χ1v) is 7.78. The molecule has 21 heavy (non-hydrogen) atoms. The minimum absolute atomic E-state index is 0.273. The Morgan fingerprint density at radius 2 is 1.90 bits per heavy atom. The van der Waals surface area contributed by atoms with E-state index < -0.39 is 0 Å². The fourth-order valence-corrected chi connectivity index (χ4v) is 2.73. The van der Waals surface area contributed by atoms with E-state index in [1.165, 1.54) is 13.0 Å². The first-order valence-electron chi connectivity index (χ1n) is 7.78. The van der Waals surface area contributed by atoms with E-state index in [0.29, 0.717) is 12.2 Å². The molecule has 0 unspecified atom stereocenters. The van der Waals surface area contributed by atoms with E-state index in [4.69, 9.17) is 4.74 Å². The van der Waals surface area contributed by atoms with E-state index in [-0.39, 0.29) is 5.97 Å². The van der Waals surface area contributed by atoms with Gasteiger partial charge in [0.2, 0.25) is 0 Å². The Hall–Kier alpha value is -1.40. The van der Waals surface area contributed by atoms with Crippen molar-refractivity contribution in [3.63, 3.8) is 0 Å². The fourth-order valence-electron chi connectivity index (χ4n) is 2.73. The molecule has 0 spiro atoms. The highest BCUT2D eigenvalue weighted by Crippen LogP contribution is 2.14. The summed E-state index contributed by atoms with van der Waals surface area (Å²) in [4.78, 5) is 16.8. The number of rotatable bonds is 6. The maximum Gasteiger partial charge on any atom is 0.341 e. The van der Waals surface area contributed by atoms with Crippen LogP contribution in [0.25, 0.3) is 0 Å². The van der Waals surface area contributed by atoms with Crippen LogP contribution in [0.15, 0.2) is 6.20 Å². The van der Waals surface area contributed by atoms with Gasteiger partial charge in [-0.3, -0.25) is 9.58 Å². The molecule has 0 aromatic carbocycles. The third-order valence-corrected chi connectivity index (χ3v) is 3.94. The highest BCUT2D eigenvalue weighted by Gasteiger charge is 2.22. The van der Waals surface area contributed by atoms with E-state index in [1.54, 1.807) is 10.9 Å². The van der Waals surface area contributed by atoms with E-state index in [1.807, 2.05) is 14.0 Å². The summed E-state index contributed by atoms with van der Waals surface area (Å²) in [5, 5.41) is 4.21. The SMILES string of the molecule is CCCN1CCN(Cc2c(C(=O)OCC)cnn2C)CC1. The van der Waals surface area contributed by atoms with Gasteiger partial charge < -0.3 is 9.64 Å². The van der Waals surface area contributed by atoms with E-state index in [0.717, 1.165) is 38.4 Å². The zero-order valence-corrected chi connectivity index (χ0v) is 13.3. The van der Waals surface area contributed by atoms with Crippen molar-refractivity contribution in [2.24, 2.45) is 7.05 Å². The largest absolute Gasteiger partial charge is 0.462 e. The zero-order chi connectivity index (χ0) is 15.2. The first-order chi connectivity index (χ1) is 10.2. The van der Waals surface area contributed by atoms with E-state index in [9.17, 15) is 4.79 Å². The molecule has 1 fully saturated rings. The lowest BCUT2D eigenvalue weighted by molar-refractivity contribution is 0.0522. The predicted octanol–water partition coefficient (Wildman–Crippen LogP) is 1.12. The second kappa shape index (κ2) is 7.56. The highest BCUT2D eigenvalue weighted by molar-refractivity contribution is 5.90. The second-order valence-electron chi connectivity index (χ2n) is 5.47. The number of aromatic nitrogens is 2. The van der Waals surface area contributed by atoms with Crippen molar-refractivity contribution in [1.29, 1.82) is 0 Å². The molecule has 1 saturated heterocycles. The molecule has 6 heteroatoms. The van der Waals surface area contributed by atoms with Gasteiger partial charge in [-0.15, -0.1) is 0 Å². The lowest BCUT2D eigenvalue weighted by Gasteiger charge is -2.34. The normalized spacial score (nSPS) is 17.1. The highest BCUT2D eigenvalue weighted by atomic mass is 16.5. The van der Waals surface area contributed by atoms with Crippen molar-refractivity contribution < 1.29 is 9.53 Å². The minimum atomic E-state index is -0.273. The van der Waals surface area contributed by atoms with Crippen LogP contribution in [0.4, 0.5) is 0 Å². The summed E-state index contributed by atoms with van der Waals surface area (Å²) in [6.45, 7) is 10.6. The number of carbonyl (C=O) groups excluding carboxylic acids is 1. The quantitative estimate of drug-likeness (QED) is 0.736. The Labute approximate surface area is 126 Å². The van der Waals surface area contributed by atoms with Crippen LogP contribution in [0.2, 0.25) is 0 Å². The van der Waals surface area contributed by atoms with Crippen LogP contribution in [-0.2, 0) is 18.3 Å². The number of hydrogen-bond acceptors (Lipinski definition) is 5. The van der Waals surface area contributed by atoms with Gasteiger partial charge in [0.15, 0.2) is 0 Å². The topological polar surface area (TPSA) is 50.6 Å². The van der Waals surface area contributed by atoms with Crippen LogP contribution in [-0.4, -0.2) is 64.9 Å². The number of aryl methyl sites for hydroxylation is 1. The molecule has 1 aromatic rings. The van der Waals surface area contributed by atoms with Crippen LogP contribution < -0.4 is 0 Å². The predicted molar refractivity (Wildman–Crippen MR) is 81.2 cm³/mol. The Morgan fingerprint density at radius 1 is 1.24 bits per heavy atom. The smallest absolute Gasteiger partial charge is 0.341 e. The molecule has 1 aliphatic rings. The van der Waals surface area contributed by atoms with Gasteiger partial charge in [-0.1, -0.05) is 6.92 Å². The lowest BCUT2D eigenvalue weighted by Crippen LogP contribution is -2.46. The Bertz CT molecular complexity index is 464. The van der Waals surface area contributed by atoms with Crippen molar-refractivity contribution >= 4 is 5.97 Å². The van der Waals surface area contributed by atoms with Gasteiger partial charge in [-0.2, -0.15) is 5.10 Å². The fraction of sp³-hybridized carbons (Fsp3) is 0.733. The lowest BCUT2D eigenvalue weighted by atomic mass is 10.2. The third kappa shape index (κ3) is 4.04. The minimum Gasteiger partial charge on any atom is -0.462 e. The van der Waals surface area contributed by atoms with Crippen molar-refractivity contribution in [1.82, 2.24) is 19.6 Å². The van der Waals surface area contributed by atoms with Crippen LogP contribution in [0.3, 0.4) is 0 Å². The molecule has 0 radical (unpaired) electrons. The molecular weight excluding hydrogens is 268 g/mol. The van der Waals surface area contributed by atoms with Crippen LogP contribution in [0.5, 0.6) is 0 Å². The number of nitrogens with zero attached hydrogens (tertiary/aromatic N) is 4. The average Bonchev–Trinajstić information content (AvgIpc) is 2.83. The molecule has 1 aromatic heterocycles. The van der Waals surface area contributed by atoms with Gasteiger partial charge in [-0.05, 0) is 19.9 Å². The number of ether oxygens (including phenoxy) is 1. The number of hydrogen-bond donors (Lipinski definition) is 0. The second-order valence-corrected chi connectivity index (χ2v) is 5.47. The molecule has 0 bridgehead atoms. The van der Waals surface area contributed by atoms with Crippen LogP contribution in [0, 0.1) is 0 Å². The summed E-state index contributed by atoms with van der Waals surface area (Å²) in [5.41, 5.74) is 1.53. The van der Waals surface area contributed by atoms with Gasteiger partial charge in [-0.25, -0.2) is 4.79 Å². The van der Waals surface area contributed by atoms with Crippen molar-refractivity contribution in [2.45, 2.75) is 26.8 Å². The monoisotopic (exact) mass is 294 g/mol. The molecular formula is C15H26N4O2. The summed E-state index contributed by atoms with van der Waals surface area (Å²) in [7, 11) is 1.88. The molecule has 0 saturated carbocycles. The van der Waals surface area contributed by atoms with E-state index in [2.05, 4.69) is 21.8 Å². The molecule has 0 N–H and O–H groups in total. The summed E-state index contributed by atoms with van der Waals surface area (Å²) in [6.07, 6.45) is 2.81. The van der Waals surface area contributed by atoms with Crippen molar-refractivity contribution in [3.05, 3.63) is 17.5 Å². The standard InChI is InChI=1S/C15H26N4O2/c1-4-6-18-7-9-19(10-8-18)12-14-13(11-16-17(14)3)15(20)21-5-2/h11H,4-10,12H2,1-3H3. The van der Waals surface area contributed by atoms with Crippen molar-refractivity contribution in [3.8, 4) is 0 Å². The average molecular weight is 294 g/mol. The molecule has 1 aliphatic heterocycles. The van der Waals surface area contributed by atoms with E-state index >= 15 is 0 Å². The molecule has 118 valence electrons. The number of piperazine rings is 1. The molecule has 0 amide bonds. The van der Waals surface area contributed by atoms with Crippen molar-refractivity contribution in [2.75, 3.05) is 39.3 Å². The molecule has 2 heterocycles. The molecule has 6 nitrogen and oxygen atoms in total. The van der Waals surface area contributed by atoms with Gasteiger partial charge >= 0.3 is 5.97 Å². The molecule has 0 aliphatic carbocycles. The summed E-state index contributed by atoms with van der Waals surface area (Å²) in [5.74, 6) is -0.273. The maximum atomic E-state index is 12.0. The Morgan fingerprint density at radius 3 is 2.52 bits per heavy atom. The number of carbonyl (C=O) groups is 1. The first kappa shape index (κ1) is 16.0. The third-order valence-electron chi connectivity index (χ3n) is 3.94. The molecule has 0 atom stereocenters. The van der Waals surface area contributed by atoms with Gasteiger partial charge in [0.05, 0.1) is 18.5 Å². The van der Waals surface area contributed by atoms with Crippen LogP contribution in [0.1, 0.15) is 36.3 Å². The Kier molecular flexibility index (Phi) is 5.76. The number of esters is 1. The van der Waals surface area contributed by atoms with Gasteiger partial charge in [0.1, 0.15) is 5.56 Å². The maximum absolute atomic E-state index is 12.0. The van der Waals surface area contributed by atoms with Crippen LogP contribution >= 0.6 is 0 Å². The van der Waals surface area contributed by atoms with Gasteiger partial charge in [0.25, 0.3) is 0 Å². The summed E-state index contributed by atoms with van der Waals surface area (Å²) < 4.78 is 6.88. The van der Waals surface area contributed by atoms with Gasteiger partial charge in [0, 0.05) is 39.8 Å². The molecule has 2 rings (SSSR count). The Balaban J connectivity index is 1.97. The summed E-state index contributed by atoms with van der Waals surface area (Å²) in [6, 6.07) is 0. The zero-order valence-electron chi connectivity index (χ0n) is 13.3.